The number of carbonyl (C=O) groups excluding carboxylic acids is 1. The number of ketones is 1. The van der Waals surface area contributed by atoms with Gasteiger partial charge in [-0.15, -0.1) is 11.8 Å². The van der Waals surface area contributed by atoms with Crippen molar-refractivity contribution in [2.45, 2.75) is 18.7 Å². The number of Topliss-reactive ketones (excluding diaryl/α,β-unsaturated/α-hetero) is 1. The predicted octanol–water partition coefficient (Wildman–Crippen LogP) is 2.71. The first-order valence-corrected chi connectivity index (χ1v) is 5.10. The van der Waals surface area contributed by atoms with Crippen LogP contribution in [0.3, 0.4) is 0 Å². The van der Waals surface area contributed by atoms with E-state index in [2.05, 4.69) is 0 Å². The van der Waals surface area contributed by atoms with Crippen molar-refractivity contribution in [3.63, 3.8) is 0 Å². The van der Waals surface area contributed by atoms with E-state index >= 15 is 0 Å². The molecule has 3 heteroatoms. The van der Waals surface area contributed by atoms with E-state index in [1.165, 1.54) is 13.0 Å². The molecule has 2 nitrogen and oxygen atoms in total. The molecule has 0 aliphatic carbocycles. The standard InChI is InChI=1S/C10H12O2S/c1-3-13-10-5-4-8(7(2)11)6-9(10)12/h4-6,12H,3H2,1-2H3. The van der Waals surface area contributed by atoms with Crippen LogP contribution < -0.4 is 0 Å². The minimum Gasteiger partial charge on any atom is -0.507 e. The Morgan fingerprint density at radius 2 is 2.23 bits per heavy atom. The minimum atomic E-state index is -0.0247. The van der Waals surface area contributed by atoms with Gasteiger partial charge in [-0.1, -0.05) is 13.0 Å². The highest BCUT2D eigenvalue weighted by Crippen LogP contribution is 2.28. The van der Waals surface area contributed by atoms with Crippen LogP contribution in [0.5, 0.6) is 5.75 Å². The van der Waals surface area contributed by atoms with Crippen molar-refractivity contribution < 1.29 is 9.90 Å². The molecule has 0 heterocycles. The molecule has 1 aromatic rings. The maximum Gasteiger partial charge on any atom is 0.159 e. The van der Waals surface area contributed by atoms with E-state index in [9.17, 15) is 9.90 Å². The van der Waals surface area contributed by atoms with Gasteiger partial charge in [-0.05, 0) is 24.8 Å². The first-order valence-electron chi connectivity index (χ1n) is 4.12. The van der Waals surface area contributed by atoms with Gasteiger partial charge in [0.2, 0.25) is 0 Å². The SMILES string of the molecule is CCSc1ccc(C(C)=O)cc1O. The van der Waals surface area contributed by atoms with Crippen molar-refractivity contribution in [1.82, 2.24) is 0 Å². The number of carbonyl (C=O) groups is 1. The van der Waals surface area contributed by atoms with Crippen LogP contribution in [0.15, 0.2) is 23.1 Å². The molecule has 0 unspecified atom stereocenters. The topological polar surface area (TPSA) is 37.3 Å². The molecular formula is C10H12O2S. The number of benzene rings is 1. The van der Waals surface area contributed by atoms with E-state index < -0.39 is 0 Å². The van der Waals surface area contributed by atoms with Gasteiger partial charge in [0, 0.05) is 10.5 Å². The second-order valence-corrected chi connectivity index (χ2v) is 3.98. The molecular weight excluding hydrogens is 184 g/mol. The molecule has 0 atom stereocenters. The molecule has 0 saturated heterocycles. The number of phenolic OH excluding ortho intramolecular Hbond substituents is 1. The van der Waals surface area contributed by atoms with Gasteiger partial charge in [0.15, 0.2) is 5.78 Å². The van der Waals surface area contributed by atoms with Gasteiger partial charge in [0.1, 0.15) is 5.75 Å². The van der Waals surface area contributed by atoms with Crippen LogP contribution in [-0.4, -0.2) is 16.6 Å². The van der Waals surface area contributed by atoms with Gasteiger partial charge in [-0.3, -0.25) is 4.79 Å². The van der Waals surface area contributed by atoms with Crippen LogP contribution in [0, 0.1) is 0 Å². The van der Waals surface area contributed by atoms with Crippen LogP contribution in [0.4, 0.5) is 0 Å². The van der Waals surface area contributed by atoms with E-state index in [1.807, 2.05) is 6.92 Å². The summed E-state index contributed by atoms with van der Waals surface area (Å²) >= 11 is 1.56. The van der Waals surface area contributed by atoms with Gasteiger partial charge in [0.25, 0.3) is 0 Å². The van der Waals surface area contributed by atoms with Crippen LogP contribution in [-0.2, 0) is 0 Å². The molecule has 1 rings (SSSR count). The third-order valence-electron chi connectivity index (χ3n) is 1.67. The highest BCUT2D eigenvalue weighted by atomic mass is 32.2. The summed E-state index contributed by atoms with van der Waals surface area (Å²) in [5.74, 6) is 1.08. The Labute approximate surface area is 82.0 Å². The molecule has 1 aromatic carbocycles. The van der Waals surface area contributed by atoms with Crippen molar-refractivity contribution in [2.24, 2.45) is 0 Å². The Hall–Kier alpha value is -0.960. The summed E-state index contributed by atoms with van der Waals surface area (Å²) in [6.07, 6.45) is 0. The first kappa shape index (κ1) is 10.1. The average Bonchev–Trinajstić information content (AvgIpc) is 2.08. The zero-order valence-electron chi connectivity index (χ0n) is 7.70. The second kappa shape index (κ2) is 4.33. The van der Waals surface area contributed by atoms with Crippen LogP contribution in [0.25, 0.3) is 0 Å². The van der Waals surface area contributed by atoms with Crippen molar-refractivity contribution in [2.75, 3.05) is 5.75 Å². The number of rotatable bonds is 3. The van der Waals surface area contributed by atoms with Gasteiger partial charge >= 0.3 is 0 Å². The summed E-state index contributed by atoms with van der Waals surface area (Å²) in [5, 5.41) is 9.50. The number of hydrogen-bond donors (Lipinski definition) is 1. The quantitative estimate of drug-likeness (QED) is 0.596. The number of thioether (sulfide) groups is 1. The predicted molar refractivity (Wildman–Crippen MR) is 54.5 cm³/mol. The van der Waals surface area contributed by atoms with E-state index in [0.717, 1.165) is 10.6 Å². The van der Waals surface area contributed by atoms with E-state index in [1.54, 1.807) is 23.9 Å². The summed E-state index contributed by atoms with van der Waals surface area (Å²) in [4.78, 5) is 11.8. The lowest BCUT2D eigenvalue weighted by molar-refractivity contribution is 0.101. The maximum atomic E-state index is 10.9. The number of phenols is 1. The zero-order chi connectivity index (χ0) is 9.84. The third kappa shape index (κ3) is 2.49. The van der Waals surface area contributed by atoms with Crippen LogP contribution in [0.2, 0.25) is 0 Å². The van der Waals surface area contributed by atoms with Gasteiger partial charge in [0.05, 0.1) is 0 Å². The Morgan fingerprint density at radius 1 is 1.54 bits per heavy atom. The summed E-state index contributed by atoms with van der Waals surface area (Å²) < 4.78 is 0. The molecule has 0 spiro atoms. The summed E-state index contributed by atoms with van der Waals surface area (Å²) in [6.45, 7) is 3.50. The fraction of sp³-hybridized carbons (Fsp3) is 0.300. The van der Waals surface area contributed by atoms with Crippen molar-refractivity contribution in [3.05, 3.63) is 23.8 Å². The van der Waals surface area contributed by atoms with Crippen LogP contribution in [0.1, 0.15) is 24.2 Å². The largest absolute Gasteiger partial charge is 0.507 e. The lowest BCUT2D eigenvalue weighted by atomic mass is 10.1. The Bertz CT molecular complexity index is 321. The minimum absolute atomic E-state index is 0.0247. The van der Waals surface area contributed by atoms with E-state index in [-0.39, 0.29) is 11.5 Å². The Kier molecular flexibility index (Phi) is 3.37. The van der Waals surface area contributed by atoms with E-state index in [4.69, 9.17) is 0 Å². The summed E-state index contributed by atoms with van der Waals surface area (Å²) in [7, 11) is 0. The van der Waals surface area contributed by atoms with Crippen LogP contribution >= 0.6 is 11.8 Å². The first-order chi connectivity index (χ1) is 6.15. The molecule has 1 N–H and O–H groups in total. The van der Waals surface area contributed by atoms with Crippen molar-refractivity contribution >= 4 is 17.5 Å². The molecule has 0 radical (unpaired) electrons. The molecule has 0 aliphatic heterocycles. The molecule has 0 saturated carbocycles. The molecule has 0 fully saturated rings. The highest BCUT2D eigenvalue weighted by Gasteiger charge is 2.04. The number of aromatic hydroxyl groups is 1. The zero-order valence-corrected chi connectivity index (χ0v) is 8.52. The highest BCUT2D eigenvalue weighted by molar-refractivity contribution is 7.99. The summed E-state index contributed by atoms with van der Waals surface area (Å²) in [5.41, 5.74) is 0.554. The Morgan fingerprint density at radius 3 is 2.69 bits per heavy atom. The average molecular weight is 196 g/mol. The van der Waals surface area contributed by atoms with Crippen molar-refractivity contribution in [3.8, 4) is 5.75 Å². The van der Waals surface area contributed by atoms with Crippen molar-refractivity contribution in [1.29, 1.82) is 0 Å². The fourth-order valence-corrected chi connectivity index (χ4v) is 1.70. The van der Waals surface area contributed by atoms with Gasteiger partial charge < -0.3 is 5.11 Å². The fourth-order valence-electron chi connectivity index (χ4n) is 1.01. The second-order valence-electron chi connectivity index (χ2n) is 2.67. The molecule has 0 amide bonds. The third-order valence-corrected chi connectivity index (χ3v) is 2.61. The molecule has 13 heavy (non-hydrogen) atoms. The Balaban J connectivity index is 2.98. The monoisotopic (exact) mass is 196 g/mol. The smallest absolute Gasteiger partial charge is 0.159 e. The molecule has 70 valence electrons. The normalized spacial score (nSPS) is 10.0. The van der Waals surface area contributed by atoms with Gasteiger partial charge in [-0.25, -0.2) is 0 Å². The van der Waals surface area contributed by atoms with E-state index in [0.29, 0.717) is 5.56 Å². The molecule has 0 aliphatic rings. The molecule has 0 bridgehead atoms. The summed E-state index contributed by atoms with van der Waals surface area (Å²) in [6, 6.07) is 5.03. The maximum absolute atomic E-state index is 10.9. The van der Waals surface area contributed by atoms with Gasteiger partial charge in [-0.2, -0.15) is 0 Å². The lowest BCUT2D eigenvalue weighted by Crippen LogP contribution is -1.91. The molecule has 0 aromatic heterocycles. The lowest BCUT2D eigenvalue weighted by Gasteiger charge is -2.03. The number of hydrogen-bond acceptors (Lipinski definition) is 3.